The number of ether oxygens (including phenoxy) is 1. The molecular formula is C20H21F2N3O4S3. The number of benzene rings is 1. The zero-order valence-corrected chi connectivity index (χ0v) is 19.6. The summed E-state index contributed by atoms with van der Waals surface area (Å²) in [5.41, 5.74) is 0.136. The van der Waals surface area contributed by atoms with Gasteiger partial charge in [-0.05, 0) is 37.3 Å². The van der Waals surface area contributed by atoms with Gasteiger partial charge in [-0.1, -0.05) is 17.4 Å². The number of thiophene rings is 1. The average Bonchev–Trinajstić information content (AvgIpc) is 3.48. The fourth-order valence-corrected chi connectivity index (χ4v) is 7.56. The third-order valence-electron chi connectivity index (χ3n) is 5.11. The van der Waals surface area contributed by atoms with Crippen molar-refractivity contribution in [2.45, 2.75) is 36.6 Å². The molecule has 0 bridgehead atoms. The van der Waals surface area contributed by atoms with Crippen LogP contribution in [0.3, 0.4) is 0 Å². The average molecular weight is 502 g/mol. The van der Waals surface area contributed by atoms with E-state index in [-0.39, 0.29) is 34.2 Å². The Bertz CT molecular complexity index is 1300. The smallest absolute Gasteiger partial charge is 0.266 e. The van der Waals surface area contributed by atoms with Crippen molar-refractivity contribution in [2.24, 2.45) is 4.99 Å². The number of hydrogen-bond donors (Lipinski definition) is 0. The predicted octanol–water partition coefficient (Wildman–Crippen LogP) is 3.36. The first-order chi connectivity index (χ1) is 15.3. The van der Waals surface area contributed by atoms with E-state index in [0.29, 0.717) is 24.1 Å². The van der Waals surface area contributed by atoms with Crippen LogP contribution in [-0.4, -0.2) is 49.0 Å². The zero-order chi connectivity index (χ0) is 22.9. The lowest BCUT2D eigenvalue weighted by Gasteiger charge is -2.20. The third-order valence-corrected chi connectivity index (χ3v) is 9.42. The molecule has 1 aliphatic heterocycles. The van der Waals surface area contributed by atoms with Gasteiger partial charge in [-0.2, -0.15) is 9.30 Å². The fourth-order valence-electron chi connectivity index (χ4n) is 3.69. The molecule has 1 unspecified atom stereocenters. The van der Waals surface area contributed by atoms with Crippen LogP contribution < -0.4 is 4.80 Å². The first kappa shape index (κ1) is 23.2. The van der Waals surface area contributed by atoms with Crippen molar-refractivity contribution in [1.29, 1.82) is 0 Å². The minimum Gasteiger partial charge on any atom is -0.380 e. The number of nitrogens with zero attached hydrogens (tertiary/aromatic N) is 3. The van der Waals surface area contributed by atoms with Crippen LogP contribution in [0.1, 0.15) is 19.8 Å². The number of aromatic nitrogens is 1. The first-order valence-electron chi connectivity index (χ1n) is 10.0. The van der Waals surface area contributed by atoms with E-state index in [1.165, 1.54) is 21.0 Å². The SMILES string of the molecule is CCOCCn1c(=NC(=O)C2CCCN2S(=O)(=O)c2cccs2)sc2cc(F)cc(F)c21. The predicted molar refractivity (Wildman–Crippen MR) is 118 cm³/mol. The third kappa shape index (κ3) is 4.42. The molecule has 0 radical (unpaired) electrons. The molecule has 1 saturated heterocycles. The van der Waals surface area contributed by atoms with Crippen molar-refractivity contribution in [3.05, 3.63) is 46.1 Å². The number of halogens is 2. The number of fused-ring (bicyclic) bond motifs is 1. The molecule has 1 aromatic carbocycles. The normalized spacial score (nSPS) is 18.1. The monoisotopic (exact) mass is 501 g/mol. The summed E-state index contributed by atoms with van der Waals surface area (Å²) in [5, 5.41) is 1.66. The van der Waals surface area contributed by atoms with Crippen LogP contribution in [-0.2, 0) is 26.1 Å². The Morgan fingerprint density at radius 3 is 2.88 bits per heavy atom. The molecule has 4 rings (SSSR count). The Kier molecular flexibility index (Phi) is 6.86. The first-order valence-corrected chi connectivity index (χ1v) is 13.2. The molecule has 0 saturated carbocycles. The molecule has 0 aliphatic carbocycles. The highest BCUT2D eigenvalue weighted by atomic mass is 32.2. The summed E-state index contributed by atoms with van der Waals surface area (Å²) in [5.74, 6) is -2.11. The number of carbonyl (C=O) groups is 1. The van der Waals surface area contributed by atoms with Crippen molar-refractivity contribution < 1.29 is 26.7 Å². The number of sulfonamides is 1. The largest absolute Gasteiger partial charge is 0.380 e. The van der Waals surface area contributed by atoms with Crippen molar-refractivity contribution in [2.75, 3.05) is 19.8 Å². The van der Waals surface area contributed by atoms with E-state index < -0.39 is 33.6 Å². The van der Waals surface area contributed by atoms with Crippen LogP contribution in [0.25, 0.3) is 10.2 Å². The van der Waals surface area contributed by atoms with Crippen LogP contribution in [0, 0.1) is 11.6 Å². The second-order valence-electron chi connectivity index (χ2n) is 7.12. The van der Waals surface area contributed by atoms with E-state index in [0.717, 1.165) is 28.7 Å². The van der Waals surface area contributed by atoms with Gasteiger partial charge in [0.25, 0.3) is 15.9 Å². The number of hydrogen-bond acceptors (Lipinski definition) is 6. The maximum absolute atomic E-state index is 14.5. The van der Waals surface area contributed by atoms with Gasteiger partial charge >= 0.3 is 0 Å². The second-order valence-corrected chi connectivity index (χ2v) is 11.2. The molecule has 3 aromatic rings. The van der Waals surface area contributed by atoms with Gasteiger partial charge < -0.3 is 9.30 Å². The Morgan fingerprint density at radius 2 is 2.16 bits per heavy atom. The molecule has 12 heteroatoms. The van der Waals surface area contributed by atoms with Crippen molar-refractivity contribution in [1.82, 2.24) is 8.87 Å². The van der Waals surface area contributed by atoms with E-state index >= 15 is 0 Å². The standard InChI is InChI=1S/C20H21F2N3O4S3/c1-2-29-9-8-24-18-14(22)11-13(21)12-16(18)31-20(24)23-19(26)15-5-3-7-25(15)32(27,28)17-6-4-10-30-17/h4,6,10-12,15H,2-3,5,7-9H2,1H3. The minimum absolute atomic E-state index is 0.136. The Hall–Kier alpha value is -1.99. The summed E-state index contributed by atoms with van der Waals surface area (Å²) < 4.78 is 62.7. The van der Waals surface area contributed by atoms with Gasteiger partial charge in [0.2, 0.25) is 0 Å². The lowest BCUT2D eigenvalue weighted by Crippen LogP contribution is -2.40. The van der Waals surface area contributed by atoms with E-state index in [4.69, 9.17) is 4.74 Å². The Labute approximate surface area is 191 Å². The second kappa shape index (κ2) is 9.48. The molecule has 0 N–H and O–H groups in total. The maximum atomic E-state index is 14.5. The quantitative estimate of drug-likeness (QED) is 0.465. The lowest BCUT2D eigenvalue weighted by molar-refractivity contribution is -0.121. The summed E-state index contributed by atoms with van der Waals surface area (Å²) in [6.07, 6.45) is 0.882. The van der Waals surface area contributed by atoms with Gasteiger partial charge in [0.05, 0.1) is 16.8 Å². The molecule has 172 valence electrons. The lowest BCUT2D eigenvalue weighted by atomic mass is 10.2. The number of carbonyl (C=O) groups excluding carboxylic acids is 1. The summed E-state index contributed by atoms with van der Waals surface area (Å²) in [4.78, 5) is 17.4. The molecule has 3 heterocycles. The maximum Gasteiger partial charge on any atom is 0.266 e. The molecule has 32 heavy (non-hydrogen) atoms. The number of rotatable bonds is 7. The highest BCUT2D eigenvalue weighted by Crippen LogP contribution is 2.29. The summed E-state index contributed by atoms with van der Waals surface area (Å²) >= 11 is 2.07. The number of thiazole rings is 1. The van der Waals surface area contributed by atoms with E-state index in [2.05, 4.69) is 4.99 Å². The van der Waals surface area contributed by atoms with Gasteiger partial charge in [0, 0.05) is 25.8 Å². The van der Waals surface area contributed by atoms with Gasteiger partial charge in [0.1, 0.15) is 16.1 Å². The van der Waals surface area contributed by atoms with Crippen molar-refractivity contribution in [3.63, 3.8) is 0 Å². The van der Waals surface area contributed by atoms with Crippen molar-refractivity contribution in [3.8, 4) is 0 Å². The number of amides is 1. The highest BCUT2D eigenvalue weighted by Gasteiger charge is 2.40. The summed E-state index contributed by atoms with van der Waals surface area (Å²) in [6.45, 7) is 2.97. The molecule has 1 aliphatic rings. The zero-order valence-electron chi connectivity index (χ0n) is 17.2. The topological polar surface area (TPSA) is 81.0 Å². The molecule has 1 atom stereocenters. The van der Waals surface area contributed by atoms with E-state index in [1.807, 2.05) is 6.92 Å². The molecular weight excluding hydrogens is 480 g/mol. The van der Waals surface area contributed by atoms with Crippen LogP contribution in [0.2, 0.25) is 0 Å². The molecule has 1 fully saturated rings. The highest BCUT2D eigenvalue weighted by molar-refractivity contribution is 7.91. The van der Waals surface area contributed by atoms with Gasteiger partial charge in [0.15, 0.2) is 10.6 Å². The summed E-state index contributed by atoms with van der Waals surface area (Å²) in [6, 6.07) is 4.18. The van der Waals surface area contributed by atoms with Crippen LogP contribution in [0.15, 0.2) is 38.8 Å². The Morgan fingerprint density at radius 1 is 1.34 bits per heavy atom. The fraction of sp³-hybridized carbons (Fsp3) is 0.400. The molecule has 1 amide bonds. The molecule has 0 spiro atoms. The summed E-state index contributed by atoms with van der Waals surface area (Å²) in [7, 11) is -3.81. The van der Waals surface area contributed by atoms with Crippen LogP contribution in [0.4, 0.5) is 8.78 Å². The van der Waals surface area contributed by atoms with Crippen LogP contribution in [0.5, 0.6) is 0 Å². The van der Waals surface area contributed by atoms with E-state index in [1.54, 1.807) is 11.4 Å². The van der Waals surface area contributed by atoms with E-state index in [9.17, 15) is 22.0 Å². The van der Waals surface area contributed by atoms with Crippen LogP contribution >= 0.6 is 22.7 Å². The minimum atomic E-state index is -3.81. The molecule has 2 aromatic heterocycles. The Balaban J connectivity index is 1.74. The molecule has 7 nitrogen and oxygen atoms in total. The van der Waals surface area contributed by atoms with Gasteiger partial charge in [-0.25, -0.2) is 17.2 Å². The van der Waals surface area contributed by atoms with Gasteiger partial charge in [-0.15, -0.1) is 11.3 Å². The van der Waals surface area contributed by atoms with Gasteiger partial charge in [-0.3, -0.25) is 4.79 Å². The van der Waals surface area contributed by atoms with Crippen molar-refractivity contribution >= 4 is 48.8 Å².